The van der Waals surface area contributed by atoms with Gasteiger partial charge in [-0.05, 0) is 38.0 Å². The molecular weight excluding hydrogens is 378 g/mol. The van der Waals surface area contributed by atoms with Crippen molar-refractivity contribution in [2.24, 2.45) is 5.10 Å². The topological polar surface area (TPSA) is 55.7 Å². The lowest BCUT2D eigenvalue weighted by molar-refractivity contribution is 0.268. The highest BCUT2D eigenvalue weighted by Gasteiger charge is 2.20. The Balaban J connectivity index is 2.29. The van der Waals surface area contributed by atoms with Crippen molar-refractivity contribution in [3.05, 3.63) is 47.3 Å². The van der Waals surface area contributed by atoms with Crippen LogP contribution in [0, 0.1) is 23.5 Å². The van der Waals surface area contributed by atoms with E-state index in [1.165, 1.54) is 0 Å². The maximum Gasteiger partial charge on any atom is 0.254 e. The fourth-order valence-electron chi connectivity index (χ4n) is 2.18. The molecule has 152 valence electrons. The molecule has 28 heavy (non-hydrogen) atoms. The van der Waals surface area contributed by atoms with Crippen molar-refractivity contribution in [2.45, 2.75) is 33.6 Å². The maximum absolute atomic E-state index is 13.7. The number of anilines is 1. The second-order valence-electron chi connectivity index (χ2n) is 5.86. The van der Waals surface area contributed by atoms with Crippen LogP contribution in [0.2, 0.25) is 0 Å². The molecule has 1 aromatic heterocycles. The number of rotatable bonds is 9. The lowest BCUT2D eigenvalue weighted by Gasteiger charge is -2.14. The van der Waals surface area contributed by atoms with Crippen molar-refractivity contribution in [1.29, 1.82) is 0 Å². The smallest absolute Gasteiger partial charge is 0.254 e. The third-order valence-electron chi connectivity index (χ3n) is 3.62. The van der Waals surface area contributed by atoms with Crippen LogP contribution in [-0.4, -0.2) is 23.9 Å². The number of hydrogen-bond donors (Lipinski definition) is 1. The van der Waals surface area contributed by atoms with Crippen LogP contribution in [0.3, 0.4) is 0 Å². The number of hydrogen-bond acceptors (Lipinski definition) is 5. The molecule has 0 saturated heterocycles. The molecule has 5 nitrogen and oxygen atoms in total. The Kier molecular flexibility index (Phi) is 7.60. The van der Waals surface area contributed by atoms with E-state index < -0.39 is 29.2 Å². The van der Waals surface area contributed by atoms with Gasteiger partial charge >= 0.3 is 0 Å². The average Bonchev–Trinajstić information content (AvgIpc) is 2.69. The van der Waals surface area contributed by atoms with Crippen LogP contribution < -0.4 is 14.9 Å². The second kappa shape index (κ2) is 9.91. The molecule has 2 rings (SSSR count). The first-order valence-corrected chi connectivity index (χ1v) is 8.79. The van der Waals surface area contributed by atoms with Gasteiger partial charge in [0.05, 0.1) is 18.9 Å². The summed E-state index contributed by atoms with van der Waals surface area (Å²) in [4.78, 5) is 2.49. The number of ether oxygens (including phenoxy) is 2. The van der Waals surface area contributed by atoms with Crippen molar-refractivity contribution in [3.8, 4) is 11.5 Å². The zero-order valence-electron chi connectivity index (χ0n) is 15.8. The van der Waals surface area contributed by atoms with E-state index in [0.29, 0.717) is 36.0 Å². The fourth-order valence-corrected chi connectivity index (χ4v) is 2.18. The third kappa shape index (κ3) is 5.11. The van der Waals surface area contributed by atoms with E-state index in [1.807, 2.05) is 19.3 Å². The van der Waals surface area contributed by atoms with Gasteiger partial charge < -0.3 is 9.47 Å². The molecular formula is C19H21F4N3O2. The van der Waals surface area contributed by atoms with Gasteiger partial charge in [-0.15, -0.1) is 0 Å². The van der Waals surface area contributed by atoms with E-state index in [-0.39, 0.29) is 0 Å². The Morgan fingerprint density at radius 3 is 2.11 bits per heavy atom. The zero-order valence-corrected chi connectivity index (χ0v) is 15.8. The van der Waals surface area contributed by atoms with Crippen molar-refractivity contribution in [1.82, 2.24) is 4.98 Å². The van der Waals surface area contributed by atoms with Crippen LogP contribution in [0.4, 0.5) is 23.2 Å². The van der Waals surface area contributed by atoms with Crippen LogP contribution in [-0.2, 0) is 0 Å². The fraction of sp³-hybridized carbons (Fsp3) is 0.368. The van der Waals surface area contributed by atoms with Gasteiger partial charge in [-0.2, -0.15) is 27.6 Å². The molecule has 9 heteroatoms. The van der Waals surface area contributed by atoms with Crippen LogP contribution in [0.1, 0.15) is 39.2 Å². The maximum atomic E-state index is 13.7. The molecule has 0 aliphatic rings. The number of benzene rings is 1. The lowest BCUT2D eigenvalue weighted by atomic mass is 10.1. The summed E-state index contributed by atoms with van der Waals surface area (Å²) in [6, 6.07) is 5.05. The van der Waals surface area contributed by atoms with Crippen LogP contribution >= 0.6 is 0 Å². The lowest BCUT2D eigenvalue weighted by Crippen LogP contribution is -2.08. The monoisotopic (exact) mass is 399 g/mol. The first-order valence-electron chi connectivity index (χ1n) is 8.79. The van der Waals surface area contributed by atoms with Gasteiger partial charge in [-0.1, -0.05) is 13.8 Å². The standard InChI is InChI=1S/C19H21F4N3O2/c1-4-8-27-13-7-6-12(10-14(13)28-9-5-2)11(3)25-26-17-15(20)18(22)24-19(23)16(17)21/h6-7,10H,4-5,8-9H2,1-3H3,(H,24,26)/b25-11-. The SMILES string of the molecule is CCCOc1ccc(/C(C)=N\Nc2c(F)c(F)nc(F)c2F)cc1OCCC. The molecule has 2 aromatic rings. The van der Waals surface area contributed by atoms with E-state index in [1.54, 1.807) is 25.1 Å². The van der Waals surface area contributed by atoms with Crippen molar-refractivity contribution in [3.63, 3.8) is 0 Å². The first-order chi connectivity index (χ1) is 13.4. The Bertz CT molecular complexity index is 833. The first kappa shape index (κ1) is 21.5. The summed E-state index contributed by atoms with van der Waals surface area (Å²) in [5.41, 5.74) is 1.83. The normalized spacial score (nSPS) is 11.5. The van der Waals surface area contributed by atoms with Gasteiger partial charge in [0.1, 0.15) is 5.69 Å². The number of pyridine rings is 1. The molecule has 0 unspecified atom stereocenters. The third-order valence-corrected chi connectivity index (χ3v) is 3.62. The van der Waals surface area contributed by atoms with Crippen molar-refractivity contribution >= 4 is 11.4 Å². The van der Waals surface area contributed by atoms with Crippen LogP contribution in [0.15, 0.2) is 23.3 Å². The summed E-state index contributed by atoms with van der Waals surface area (Å²) in [6.45, 7) is 6.50. The highest BCUT2D eigenvalue weighted by molar-refractivity contribution is 5.99. The Morgan fingerprint density at radius 1 is 0.964 bits per heavy atom. The number of nitrogens with zero attached hydrogens (tertiary/aromatic N) is 2. The molecule has 1 N–H and O–H groups in total. The van der Waals surface area contributed by atoms with Gasteiger partial charge in [0.25, 0.3) is 11.9 Å². The summed E-state index contributed by atoms with van der Waals surface area (Å²) in [5, 5.41) is 3.81. The number of aromatic nitrogens is 1. The average molecular weight is 399 g/mol. The highest BCUT2D eigenvalue weighted by Crippen LogP contribution is 2.29. The Hall–Kier alpha value is -2.84. The van der Waals surface area contributed by atoms with Crippen molar-refractivity contribution in [2.75, 3.05) is 18.6 Å². The van der Waals surface area contributed by atoms with Crippen LogP contribution in [0.25, 0.3) is 0 Å². The summed E-state index contributed by atoms with van der Waals surface area (Å²) in [7, 11) is 0. The van der Waals surface area contributed by atoms with Gasteiger partial charge in [0.2, 0.25) is 11.6 Å². The number of halogens is 4. The minimum atomic E-state index is -1.76. The van der Waals surface area contributed by atoms with Gasteiger partial charge in [-0.3, -0.25) is 5.43 Å². The molecule has 1 heterocycles. The second-order valence-corrected chi connectivity index (χ2v) is 5.86. The molecule has 0 bridgehead atoms. The summed E-state index contributed by atoms with van der Waals surface area (Å²) in [5.74, 6) is -5.78. The van der Waals surface area contributed by atoms with Gasteiger partial charge in [-0.25, -0.2) is 0 Å². The zero-order chi connectivity index (χ0) is 20.7. The predicted molar refractivity (Wildman–Crippen MR) is 97.9 cm³/mol. The quantitative estimate of drug-likeness (QED) is 0.277. The Labute approximate surface area is 160 Å². The van der Waals surface area contributed by atoms with Gasteiger partial charge in [0, 0.05) is 5.56 Å². The van der Waals surface area contributed by atoms with Crippen molar-refractivity contribution < 1.29 is 27.0 Å². The molecule has 0 saturated carbocycles. The largest absolute Gasteiger partial charge is 0.490 e. The van der Waals surface area contributed by atoms with E-state index in [0.717, 1.165) is 12.8 Å². The molecule has 0 amide bonds. The van der Waals surface area contributed by atoms with Gasteiger partial charge in [0.15, 0.2) is 11.5 Å². The highest BCUT2D eigenvalue weighted by atomic mass is 19.2. The molecule has 0 spiro atoms. The molecule has 0 atom stereocenters. The molecule has 1 aromatic carbocycles. The molecule has 0 radical (unpaired) electrons. The van der Waals surface area contributed by atoms with E-state index in [2.05, 4.69) is 10.1 Å². The number of nitrogens with one attached hydrogen (secondary N) is 1. The van der Waals surface area contributed by atoms with Crippen LogP contribution in [0.5, 0.6) is 11.5 Å². The Morgan fingerprint density at radius 2 is 1.54 bits per heavy atom. The predicted octanol–water partition coefficient (Wildman–Crippen LogP) is 5.05. The summed E-state index contributed by atoms with van der Waals surface area (Å²) >= 11 is 0. The summed E-state index contributed by atoms with van der Waals surface area (Å²) < 4.78 is 65.0. The number of hydrazone groups is 1. The molecule has 0 aliphatic carbocycles. The minimum Gasteiger partial charge on any atom is -0.490 e. The molecule has 0 fully saturated rings. The van der Waals surface area contributed by atoms with E-state index in [9.17, 15) is 17.6 Å². The van der Waals surface area contributed by atoms with E-state index >= 15 is 0 Å². The molecule has 0 aliphatic heterocycles. The summed E-state index contributed by atoms with van der Waals surface area (Å²) in [6.07, 6.45) is 1.62. The van der Waals surface area contributed by atoms with E-state index in [4.69, 9.17) is 9.47 Å². The minimum absolute atomic E-state index is 0.305.